The number of hydrogen-bond acceptors (Lipinski definition) is 10. The number of aromatic nitrogens is 8. The molecule has 0 aliphatic carbocycles. The first-order chi connectivity index (χ1) is 28.9. The van der Waals surface area contributed by atoms with Crippen LogP contribution in [0.1, 0.15) is 72.5 Å². The number of rotatable bonds is 16. The van der Waals surface area contributed by atoms with E-state index in [4.69, 9.17) is 25.9 Å². The van der Waals surface area contributed by atoms with Crippen LogP contribution in [0.25, 0.3) is 22.1 Å². The fourth-order valence-electron chi connectivity index (χ4n) is 6.92. The van der Waals surface area contributed by atoms with E-state index in [1.807, 2.05) is 56.3 Å². The number of hydrogen-bond donors (Lipinski definition) is 4. The molecule has 18 nitrogen and oxygen atoms in total. The molecule has 4 heterocycles. The smallest absolute Gasteiger partial charge is 0.276 e. The molecule has 0 fully saturated rings. The monoisotopic (exact) mass is 812 g/mol. The minimum absolute atomic E-state index is 0.155. The van der Waals surface area contributed by atoms with Crippen LogP contribution in [0.4, 0.5) is 11.9 Å². The highest BCUT2D eigenvalue weighted by Gasteiger charge is 2.24. The largest absolute Gasteiger partial charge is 0.494 e. The minimum atomic E-state index is -0.674. The van der Waals surface area contributed by atoms with Crippen LogP contribution in [0, 0.1) is 13.8 Å². The highest BCUT2D eigenvalue weighted by atomic mass is 16.5. The fraction of sp³-hybridized carbons (Fsp3) is 0.238. The predicted molar refractivity (Wildman–Crippen MR) is 224 cm³/mol. The topological polar surface area (TPSA) is 234 Å². The molecular weight excluding hydrogens is 769 g/mol. The van der Waals surface area contributed by atoms with Gasteiger partial charge in [-0.05, 0) is 69.7 Å². The van der Waals surface area contributed by atoms with Crippen molar-refractivity contribution in [1.29, 1.82) is 0 Å². The Hall–Kier alpha value is -7.76. The van der Waals surface area contributed by atoms with Crippen LogP contribution in [-0.2, 0) is 32.8 Å². The molecule has 7 rings (SSSR count). The van der Waals surface area contributed by atoms with E-state index < -0.39 is 23.6 Å². The van der Waals surface area contributed by atoms with E-state index in [1.54, 1.807) is 56.6 Å². The molecular formula is C42H44N12O6. The third kappa shape index (κ3) is 8.15. The number of allylic oxidation sites excluding steroid dienone is 2. The van der Waals surface area contributed by atoms with Crippen LogP contribution < -0.4 is 31.6 Å². The van der Waals surface area contributed by atoms with E-state index in [2.05, 4.69) is 25.8 Å². The number of carbonyl (C=O) groups is 4. The zero-order chi connectivity index (χ0) is 42.7. The van der Waals surface area contributed by atoms with Crippen molar-refractivity contribution in [3.05, 3.63) is 118 Å². The standard InChI is InChI=1S/C42H44N12O6/c1-6-53-31(17-24(3)49-53)39(57)47-41-45-29-19-27(37(43)55)21-33(59-5)35(29)51(41)15-11-12-16-52-36-30(46-42(52)48-40(58)32-18-25(4)50-54(32)7-2)20-28(38(44)56)22-34(36)60-23-26-13-9-8-10-14-26/h8-14,17-22H,6-7,15-16,23H2,1-5H3,(H2,43,55)(H2,44,56)(H,45,47,57)(H,46,48,58)/b12-11+. The van der Waals surface area contributed by atoms with Gasteiger partial charge in [-0.15, -0.1) is 0 Å². The van der Waals surface area contributed by atoms with Gasteiger partial charge < -0.3 is 30.1 Å². The summed E-state index contributed by atoms with van der Waals surface area (Å²) >= 11 is 0. The number of anilines is 2. The molecule has 60 heavy (non-hydrogen) atoms. The number of imidazole rings is 2. The van der Waals surface area contributed by atoms with E-state index in [9.17, 15) is 19.2 Å². The molecule has 6 N–H and O–H groups in total. The number of fused-ring (bicyclic) bond motifs is 2. The number of nitrogens with one attached hydrogen (secondary N) is 2. The molecule has 0 saturated carbocycles. The Labute approximate surface area is 343 Å². The molecule has 0 atom stereocenters. The first kappa shape index (κ1) is 40.4. The van der Waals surface area contributed by atoms with Crippen molar-refractivity contribution in [3.63, 3.8) is 0 Å². The average molecular weight is 813 g/mol. The van der Waals surface area contributed by atoms with Gasteiger partial charge in [0.1, 0.15) is 40.5 Å². The second-order valence-electron chi connectivity index (χ2n) is 13.8. The number of aryl methyl sites for hydroxylation is 4. The summed E-state index contributed by atoms with van der Waals surface area (Å²) in [7, 11) is 1.46. The minimum Gasteiger partial charge on any atom is -0.494 e. The van der Waals surface area contributed by atoms with E-state index in [-0.39, 0.29) is 42.7 Å². The van der Waals surface area contributed by atoms with Crippen molar-refractivity contribution in [2.75, 3.05) is 17.7 Å². The molecule has 7 aromatic rings. The number of carbonyl (C=O) groups excluding carboxylic acids is 4. The van der Waals surface area contributed by atoms with Gasteiger partial charge in [-0.2, -0.15) is 10.2 Å². The van der Waals surface area contributed by atoms with Crippen molar-refractivity contribution in [2.45, 2.75) is 60.5 Å². The fourth-order valence-corrected chi connectivity index (χ4v) is 6.92. The predicted octanol–water partition coefficient (Wildman–Crippen LogP) is 4.98. The first-order valence-electron chi connectivity index (χ1n) is 19.1. The number of benzene rings is 3. The molecule has 0 spiro atoms. The van der Waals surface area contributed by atoms with Gasteiger partial charge >= 0.3 is 0 Å². The lowest BCUT2D eigenvalue weighted by atomic mass is 10.1. The van der Waals surface area contributed by atoms with Gasteiger partial charge in [0, 0.05) is 37.3 Å². The van der Waals surface area contributed by atoms with Crippen molar-refractivity contribution >= 4 is 57.6 Å². The first-order valence-corrected chi connectivity index (χ1v) is 19.1. The molecule has 0 saturated heterocycles. The SMILES string of the molecule is CCn1nc(C)cc1C(=O)Nc1nc2cc(C(N)=O)cc(OC)c2n1C/C=C/Cn1c(NC(=O)c2cc(C)nn2CC)nc2cc(C(N)=O)cc(OCc3ccccc3)c21. The molecule has 0 unspecified atom stereocenters. The van der Waals surface area contributed by atoms with Crippen LogP contribution in [-0.4, -0.2) is 69.4 Å². The van der Waals surface area contributed by atoms with Gasteiger partial charge in [0.25, 0.3) is 11.8 Å². The Bertz CT molecular complexity index is 2810. The van der Waals surface area contributed by atoms with Crippen LogP contribution in [0.2, 0.25) is 0 Å². The lowest BCUT2D eigenvalue weighted by molar-refractivity contribution is 0.0991. The summed E-state index contributed by atoms with van der Waals surface area (Å²) in [6.45, 7) is 8.82. The number of methoxy groups -OCH3 is 1. The summed E-state index contributed by atoms with van der Waals surface area (Å²) in [5.41, 5.74) is 16.4. The van der Waals surface area contributed by atoms with E-state index in [1.165, 1.54) is 19.2 Å². The van der Waals surface area contributed by atoms with E-state index in [0.29, 0.717) is 69.4 Å². The maximum atomic E-state index is 13.8. The Balaban J connectivity index is 1.29. The zero-order valence-corrected chi connectivity index (χ0v) is 33.7. The number of nitrogens with two attached hydrogens (primary N) is 2. The summed E-state index contributed by atoms with van der Waals surface area (Å²) in [5, 5.41) is 14.7. The molecule has 0 aliphatic heterocycles. The Morgan fingerprint density at radius 2 is 1.15 bits per heavy atom. The van der Waals surface area contributed by atoms with Gasteiger partial charge in [-0.25, -0.2) is 9.97 Å². The molecule has 3 aromatic carbocycles. The van der Waals surface area contributed by atoms with Crippen LogP contribution in [0.3, 0.4) is 0 Å². The molecule has 0 bridgehead atoms. The number of amides is 4. The quantitative estimate of drug-likeness (QED) is 0.0956. The van der Waals surface area contributed by atoms with Gasteiger partial charge in [0.05, 0.1) is 29.5 Å². The number of ether oxygens (including phenoxy) is 2. The second-order valence-corrected chi connectivity index (χ2v) is 13.8. The average Bonchev–Trinajstić information content (AvgIpc) is 4.00. The third-order valence-corrected chi connectivity index (χ3v) is 9.70. The van der Waals surface area contributed by atoms with Crippen LogP contribution >= 0.6 is 0 Å². The Morgan fingerprint density at radius 1 is 0.683 bits per heavy atom. The highest BCUT2D eigenvalue weighted by Crippen LogP contribution is 2.33. The maximum absolute atomic E-state index is 13.8. The molecule has 4 aromatic heterocycles. The summed E-state index contributed by atoms with van der Waals surface area (Å²) in [6, 6.07) is 19.1. The second kappa shape index (κ2) is 17.0. The summed E-state index contributed by atoms with van der Waals surface area (Å²) < 4.78 is 18.7. The van der Waals surface area contributed by atoms with Gasteiger partial charge in [-0.1, -0.05) is 42.5 Å². The molecule has 0 radical (unpaired) electrons. The lowest BCUT2D eigenvalue weighted by Gasteiger charge is -2.13. The molecule has 4 amide bonds. The van der Waals surface area contributed by atoms with E-state index >= 15 is 0 Å². The highest BCUT2D eigenvalue weighted by molar-refractivity contribution is 6.05. The van der Waals surface area contributed by atoms with Gasteiger partial charge in [-0.3, -0.25) is 39.2 Å². The Kier molecular flexibility index (Phi) is 11.5. The van der Waals surface area contributed by atoms with Gasteiger partial charge in [0.15, 0.2) is 0 Å². The van der Waals surface area contributed by atoms with Crippen LogP contribution in [0.15, 0.2) is 78.9 Å². The van der Waals surface area contributed by atoms with E-state index in [0.717, 1.165) is 5.56 Å². The number of primary amides is 2. The maximum Gasteiger partial charge on any atom is 0.276 e. The third-order valence-electron chi connectivity index (χ3n) is 9.70. The summed E-state index contributed by atoms with van der Waals surface area (Å²) in [5.74, 6) is -1.22. The normalized spacial score (nSPS) is 11.4. The molecule has 308 valence electrons. The summed E-state index contributed by atoms with van der Waals surface area (Å²) in [4.78, 5) is 61.6. The summed E-state index contributed by atoms with van der Waals surface area (Å²) in [6.07, 6.45) is 3.69. The van der Waals surface area contributed by atoms with Crippen LogP contribution in [0.5, 0.6) is 11.5 Å². The molecule has 18 heteroatoms. The zero-order valence-electron chi connectivity index (χ0n) is 33.7. The van der Waals surface area contributed by atoms with Crippen molar-refractivity contribution in [2.24, 2.45) is 11.5 Å². The van der Waals surface area contributed by atoms with Crippen molar-refractivity contribution < 1.29 is 28.7 Å². The van der Waals surface area contributed by atoms with Gasteiger partial charge in [0.2, 0.25) is 23.7 Å². The lowest BCUT2D eigenvalue weighted by Crippen LogP contribution is -2.20. The van der Waals surface area contributed by atoms with Crippen molar-refractivity contribution in [3.8, 4) is 11.5 Å². The Morgan fingerprint density at radius 3 is 1.60 bits per heavy atom. The number of nitrogens with zero attached hydrogens (tertiary/aromatic N) is 8. The van der Waals surface area contributed by atoms with Crippen molar-refractivity contribution in [1.82, 2.24) is 38.7 Å². The molecule has 0 aliphatic rings.